The molecule has 1 aromatic rings. The second-order valence-electron chi connectivity index (χ2n) is 10.4. The largest absolute Gasteiger partial charge is 0.378 e. The summed E-state index contributed by atoms with van der Waals surface area (Å²) in [4.78, 5) is 23.6. The molecule has 9 heteroatoms. The third kappa shape index (κ3) is 12.1. The zero-order valence-corrected chi connectivity index (χ0v) is 24.7. The zero-order chi connectivity index (χ0) is 29.2. The Morgan fingerprint density at radius 2 is 2.02 bits per heavy atom. The van der Waals surface area contributed by atoms with Crippen LogP contribution in [0.15, 0.2) is 71.1 Å². The number of carbonyl (C=O) groups excluding carboxylic acids is 1. The van der Waals surface area contributed by atoms with Gasteiger partial charge in [0.05, 0.1) is 12.7 Å². The maximum atomic E-state index is 13.0. The van der Waals surface area contributed by atoms with E-state index in [0.717, 1.165) is 74.4 Å². The lowest BCUT2D eigenvalue weighted by Gasteiger charge is -2.18. The van der Waals surface area contributed by atoms with Crippen molar-refractivity contribution in [2.45, 2.75) is 58.5 Å². The van der Waals surface area contributed by atoms with Gasteiger partial charge in [0.1, 0.15) is 5.82 Å². The van der Waals surface area contributed by atoms with Crippen molar-refractivity contribution in [2.24, 2.45) is 27.6 Å². The maximum Gasteiger partial charge on any atom is 0.227 e. The summed E-state index contributed by atoms with van der Waals surface area (Å²) in [5.74, 6) is 1.25. The molecule has 0 aliphatic carbocycles. The van der Waals surface area contributed by atoms with Crippen LogP contribution in [0.25, 0.3) is 0 Å². The van der Waals surface area contributed by atoms with E-state index in [4.69, 9.17) is 5.73 Å². The third-order valence-corrected chi connectivity index (χ3v) is 7.00. The van der Waals surface area contributed by atoms with Gasteiger partial charge in [0.15, 0.2) is 0 Å². The van der Waals surface area contributed by atoms with Crippen LogP contribution >= 0.6 is 0 Å². The van der Waals surface area contributed by atoms with Gasteiger partial charge in [-0.3, -0.25) is 14.8 Å². The molecule has 9 nitrogen and oxygen atoms in total. The Balaban J connectivity index is 1.93. The Labute approximate surface area is 241 Å². The molecule has 40 heavy (non-hydrogen) atoms. The van der Waals surface area contributed by atoms with Crippen LogP contribution in [0.4, 0.5) is 5.69 Å². The fourth-order valence-electron chi connectivity index (χ4n) is 4.60. The number of nitrogens with zero attached hydrogens (tertiary/aromatic N) is 3. The van der Waals surface area contributed by atoms with Crippen LogP contribution in [0, 0.1) is 11.8 Å². The van der Waals surface area contributed by atoms with Gasteiger partial charge in [-0.25, -0.2) is 0 Å². The molecule has 220 valence electrons. The summed E-state index contributed by atoms with van der Waals surface area (Å²) < 4.78 is 0. The summed E-state index contributed by atoms with van der Waals surface area (Å²) >= 11 is 0. The minimum atomic E-state index is 0.0210. The number of benzene rings is 1. The van der Waals surface area contributed by atoms with Crippen LogP contribution in [0.5, 0.6) is 0 Å². The van der Waals surface area contributed by atoms with Gasteiger partial charge in [0.2, 0.25) is 5.91 Å². The van der Waals surface area contributed by atoms with E-state index < -0.39 is 0 Å². The predicted octanol–water partition coefficient (Wildman–Crippen LogP) is 3.99. The van der Waals surface area contributed by atoms with Gasteiger partial charge < -0.3 is 31.9 Å². The van der Waals surface area contributed by atoms with E-state index in [9.17, 15) is 4.79 Å². The number of aliphatic imine (C=N–C) groups is 2. The number of rotatable bonds is 17. The fourth-order valence-corrected chi connectivity index (χ4v) is 4.60. The van der Waals surface area contributed by atoms with E-state index in [0.29, 0.717) is 13.1 Å². The topological polar surface area (TPSA) is 119 Å². The number of amides is 1. The minimum Gasteiger partial charge on any atom is -0.378 e. The van der Waals surface area contributed by atoms with Gasteiger partial charge in [-0.2, -0.15) is 0 Å². The Kier molecular flexibility index (Phi) is 15.2. The minimum absolute atomic E-state index is 0.0210. The van der Waals surface area contributed by atoms with E-state index in [1.807, 2.05) is 36.5 Å². The lowest BCUT2D eigenvalue weighted by Crippen LogP contribution is -2.29. The van der Waals surface area contributed by atoms with Gasteiger partial charge >= 0.3 is 0 Å². The van der Waals surface area contributed by atoms with Crippen molar-refractivity contribution in [3.05, 3.63) is 66.7 Å². The monoisotopic (exact) mass is 550 g/mol. The van der Waals surface area contributed by atoms with E-state index in [1.165, 1.54) is 0 Å². The van der Waals surface area contributed by atoms with Crippen LogP contribution in [0.3, 0.4) is 0 Å². The van der Waals surface area contributed by atoms with E-state index in [2.05, 4.69) is 63.2 Å². The lowest BCUT2D eigenvalue weighted by molar-refractivity contribution is -0.120. The van der Waals surface area contributed by atoms with Crippen molar-refractivity contribution in [3.63, 3.8) is 0 Å². The first-order valence-corrected chi connectivity index (χ1v) is 14.4. The molecular formula is C31H50N8O. The Hall–Kier alpha value is -3.59. The first kappa shape index (κ1) is 32.6. The zero-order valence-electron chi connectivity index (χ0n) is 24.7. The summed E-state index contributed by atoms with van der Waals surface area (Å²) in [6.07, 6.45) is 11.6. The molecule has 2 unspecified atom stereocenters. The molecule has 1 fully saturated rings. The van der Waals surface area contributed by atoms with E-state index in [-0.39, 0.29) is 23.8 Å². The Morgan fingerprint density at radius 1 is 1.20 bits per heavy atom. The van der Waals surface area contributed by atoms with Crippen molar-refractivity contribution in [3.8, 4) is 0 Å². The molecule has 1 heterocycles. The normalized spacial score (nSPS) is 17.3. The highest BCUT2D eigenvalue weighted by atomic mass is 16.1. The SMILES string of the molecule is C=C/C(=C(/NC=NCCC(N)CCNC=NC)NCc1cccc(NC(=O)C2CCCN(C=C)CC2)c1)C(C)C. The smallest absolute Gasteiger partial charge is 0.227 e. The van der Waals surface area contributed by atoms with Crippen LogP contribution in [0.1, 0.15) is 51.5 Å². The summed E-state index contributed by atoms with van der Waals surface area (Å²) in [6.45, 7) is 16.0. The van der Waals surface area contributed by atoms with Gasteiger partial charge in [-0.1, -0.05) is 45.2 Å². The molecule has 1 aliphatic rings. The van der Waals surface area contributed by atoms with Crippen molar-refractivity contribution >= 4 is 24.3 Å². The van der Waals surface area contributed by atoms with Crippen molar-refractivity contribution in [2.75, 3.05) is 38.5 Å². The lowest BCUT2D eigenvalue weighted by atomic mass is 9.99. The number of nitrogens with two attached hydrogens (primary N) is 1. The molecule has 1 amide bonds. The van der Waals surface area contributed by atoms with Crippen molar-refractivity contribution in [1.29, 1.82) is 0 Å². The number of allylic oxidation sites excluding steroid dienone is 2. The molecule has 1 aromatic carbocycles. The first-order chi connectivity index (χ1) is 19.4. The Morgan fingerprint density at radius 3 is 2.75 bits per heavy atom. The highest BCUT2D eigenvalue weighted by Gasteiger charge is 2.22. The quantitative estimate of drug-likeness (QED) is 0.0866. The highest BCUT2D eigenvalue weighted by Crippen LogP contribution is 2.21. The molecule has 0 spiro atoms. The molecule has 0 radical (unpaired) electrons. The molecule has 2 rings (SSSR count). The van der Waals surface area contributed by atoms with E-state index in [1.54, 1.807) is 19.7 Å². The molecule has 2 atom stereocenters. The van der Waals surface area contributed by atoms with Crippen LogP contribution < -0.4 is 27.0 Å². The summed E-state index contributed by atoms with van der Waals surface area (Å²) in [5, 5.41) is 13.1. The average Bonchev–Trinajstić information content (AvgIpc) is 3.20. The number of likely N-dealkylation sites (tertiary alicyclic amines) is 1. The molecule has 0 saturated carbocycles. The fraction of sp³-hybridized carbons (Fsp3) is 0.516. The van der Waals surface area contributed by atoms with Gasteiger partial charge in [-0.05, 0) is 67.5 Å². The summed E-state index contributed by atoms with van der Waals surface area (Å²) in [5.41, 5.74) is 9.12. The maximum absolute atomic E-state index is 13.0. The summed E-state index contributed by atoms with van der Waals surface area (Å²) in [7, 11) is 1.73. The van der Waals surface area contributed by atoms with Crippen molar-refractivity contribution in [1.82, 2.24) is 20.9 Å². The highest BCUT2D eigenvalue weighted by molar-refractivity contribution is 5.92. The molecule has 0 aromatic heterocycles. The summed E-state index contributed by atoms with van der Waals surface area (Å²) in [6, 6.07) is 8.07. The molecule has 1 aliphatic heterocycles. The first-order valence-electron chi connectivity index (χ1n) is 14.4. The third-order valence-electron chi connectivity index (χ3n) is 7.00. The molecule has 0 bridgehead atoms. The second-order valence-corrected chi connectivity index (χ2v) is 10.4. The molecular weight excluding hydrogens is 500 g/mol. The number of carbonyl (C=O) groups is 1. The number of anilines is 1. The van der Waals surface area contributed by atoms with Crippen LogP contribution in [-0.4, -0.2) is 62.8 Å². The number of nitrogens with one attached hydrogen (secondary N) is 4. The van der Waals surface area contributed by atoms with E-state index >= 15 is 0 Å². The average molecular weight is 551 g/mol. The number of hydrogen-bond donors (Lipinski definition) is 5. The predicted molar refractivity (Wildman–Crippen MR) is 169 cm³/mol. The molecule has 6 N–H and O–H groups in total. The van der Waals surface area contributed by atoms with Gasteiger partial charge in [-0.15, -0.1) is 0 Å². The van der Waals surface area contributed by atoms with Crippen LogP contribution in [0.2, 0.25) is 0 Å². The Bertz CT molecular complexity index is 1020. The van der Waals surface area contributed by atoms with Crippen LogP contribution in [-0.2, 0) is 11.3 Å². The second kappa shape index (κ2) is 18.7. The van der Waals surface area contributed by atoms with Gasteiger partial charge in [0.25, 0.3) is 0 Å². The van der Waals surface area contributed by atoms with Gasteiger partial charge in [0, 0.05) is 57.4 Å². The number of hydrogen-bond acceptors (Lipinski definition) is 6. The van der Waals surface area contributed by atoms with Crippen molar-refractivity contribution < 1.29 is 4.79 Å². The molecule has 1 saturated heterocycles. The standard InChI is InChI=1S/C31H50N8O/c1-6-29(24(3)4)30(37-23-35-17-14-27(32)13-16-34-22-33-5)36-21-25-10-8-12-28(20-25)38-31(40)26-11-9-18-39(7-2)19-15-26/h6-8,10,12,20,22-24,26-27,36H,1-2,9,11,13-19,21,32H2,3-5H3,(H,33,34)(H,35,37)(H,38,40)/b30-29-.